The van der Waals surface area contributed by atoms with Gasteiger partial charge in [0.2, 0.25) is 5.76 Å². The van der Waals surface area contributed by atoms with Crippen molar-refractivity contribution < 1.29 is 13.9 Å². The third-order valence-corrected chi connectivity index (χ3v) is 6.81. The third kappa shape index (κ3) is 3.64. The van der Waals surface area contributed by atoms with Gasteiger partial charge in [-0.2, -0.15) is 0 Å². The predicted molar refractivity (Wildman–Crippen MR) is 131 cm³/mol. The van der Waals surface area contributed by atoms with Gasteiger partial charge in [-0.05, 0) is 72.5 Å². The van der Waals surface area contributed by atoms with Crippen molar-refractivity contribution in [1.29, 1.82) is 0 Å². The average molecular weight is 504 g/mol. The van der Waals surface area contributed by atoms with Crippen LogP contribution < -0.4 is 10.2 Å². The summed E-state index contributed by atoms with van der Waals surface area (Å²) in [5.41, 5.74) is 4.48. The molecular formula is C27H22BrNO4. The maximum absolute atomic E-state index is 13.7. The van der Waals surface area contributed by atoms with Crippen LogP contribution in [0.3, 0.4) is 0 Å². The van der Waals surface area contributed by atoms with E-state index < -0.39 is 6.04 Å². The van der Waals surface area contributed by atoms with Crippen LogP contribution >= 0.6 is 15.9 Å². The van der Waals surface area contributed by atoms with Crippen molar-refractivity contribution in [1.82, 2.24) is 4.90 Å². The van der Waals surface area contributed by atoms with Gasteiger partial charge in [-0.1, -0.05) is 40.2 Å². The van der Waals surface area contributed by atoms with Crippen molar-refractivity contribution in [3.05, 3.63) is 109 Å². The molecule has 2 heterocycles. The summed E-state index contributed by atoms with van der Waals surface area (Å²) in [6.45, 7) is 4.26. The fraction of sp³-hybridized carbons (Fsp3) is 0.185. The standard InChI is InChI=1S/C27H22BrNO4/c1-15-12-21-22(13-16(15)2)33-26-23(25(21)30)24(18-6-8-19(28)9-7-18)29(27(26)31)14-17-4-10-20(32-3)11-5-17/h4-13,24H,14H2,1-3H3. The fourth-order valence-corrected chi connectivity index (χ4v) is 4.62. The van der Waals surface area contributed by atoms with E-state index >= 15 is 0 Å². The van der Waals surface area contributed by atoms with E-state index in [0.29, 0.717) is 23.1 Å². The molecule has 1 aromatic heterocycles. The second kappa shape index (κ2) is 8.19. The fourth-order valence-electron chi connectivity index (χ4n) is 4.36. The van der Waals surface area contributed by atoms with Crippen molar-refractivity contribution in [3.8, 4) is 5.75 Å². The molecular weight excluding hydrogens is 482 g/mol. The Morgan fingerprint density at radius 3 is 2.30 bits per heavy atom. The first kappa shape index (κ1) is 21.5. The highest BCUT2D eigenvalue weighted by molar-refractivity contribution is 9.10. The smallest absolute Gasteiger partial charge is 0.291 e. The van der Waals surface area contributed by atoms with Gasteiger partial charge < -0.3 is 14.1 Å². The van der Waals surface area contributed by atoms with Crippen LogP contribution in [0.25, 0.3) is 11.0 Å². The topological polar surface area (TPSA) is 59.8 Å². The molecule has 33 heavy (non-hydrogen) atoms. The number of carbonyl (C=O) groups is 1. The molecule has 4 aromatic rings. The van der Waals surface area contributed by atoms with E-state index in [9.17, 15) is 9.59 Å². The van der Waals surface area contributed by atoms with E-state index in [0.717, 1.165) is 32.5 Å². The summed E-state index contributed by atoms with van der Waals surface area (Å²) in [5, 5.41) is 0.498. The Morgan fingerprint density at radius 1 is 0.970 bits per heavy atom. The second-order valence-electron chi connectivity index (χ2n) is 8.34. The van der Waals surface area contributed by atoms with Crippen LogP contribution in [0.15, 0.2) is 74.3 Å². The van der Waals surface area contributed by atoms with E-state index in [1.807, 2.05) is 74.5 Å². The second-order valence-corrected chi connectivity index (χ2v) is 9.26. The molecule has 1 aliphatic heterocycles. The Morgan fingerprint density at radius 2 is 1.64 bits per heavy atom. The summed E-state index contributed by atoms with van der Waals surface area (Å²) in [6, 6.07) is 18.4. The van der Waals surface area contributed by atoms with E-state index in [4.69, 9.17) is 9.15 Å². The van der Waals surface area contributed by atoms with Crippen LogP contribution in [0.2, 0.25) is 0 Å². The van der Waals surface area contributed by atoms with E-state index in [1.165, 1.54) is 0 Å². The van der Waals surface area contributed by atoms with Gasteiger partial charge in [-0.25, -0.2) is 0 Å². The number of methoxy groups -OCH3 is 1. The normalized spacial score (nSPS) is 15.2. The van der Waals surface area contributed by atoms with Crippen LogP contribution in [0.1, 0.15) is 44.4 Å². The SMILES string of the molecule is COc1ccc(CN2C(=O)c3oc4cc(C)c(C)cc4c(=O)c3C2c2ccc(Br)cc2)cc1. The van der Waals surface area contributed by atoms with Crippen molar-refractivity contribution in [2.75, 3.05) is 7.11 Å². The van der Waals surface area contributed by atoms with Gasteiger partial charge in [0.15, 0.2) is 5.43 Å². The number of halogens is 1. The Balaban J connectivity index is 1.70. The van der Waals surface area contributed by atoms with E-state index in [1.54, 1.807) is 12.0 Å². The zero-order valence-electron chi connectivity index (χ0n) is 18.5. The number of amides is 1. The minimum atomic E-state index is -0.537. The van der Waals surface area contributed by atoms with Gasteiger partial charge in [-0.3, -0.25) is 9.59 Å². The van der Waals surface area contributed by atoms with Gasteiger partial charge in [0, 0.05) is 11.0 Å². The number of aryl methyl sites for hydroxylation is 2. The number of rotatable bonds is 4. The lowest BCUT2D eigenvalue weighted by molar-refractivity contribution is 0.0714. The molecule has 5 rings (SSSR count). The molecule has 0 radical (unpaired) electrons. The number of hydrogen-bond acceptors (Lipinski definition) is 4. The highest BCUT2D eigenvalue weighted by Gasteiger charge is 2.42. The third-order valence-electron chi connectivity index (χ3n) is 6.28. The first-order valence-corrected chi connectivity index (χ1v) is 11.4. The largest absolute Gasteiger partial charge is 0.497 e. The van der Waals surface area contributed by atoms with E-state index in [-0.39, 0.29) is 17.1 Å². The summed E-state index contributed by atoms with van der Waals surface area (Å²) in [6.07, 6.45) is 0. The minimum absolute atomic E-state index is 0.122. The molecule has 6 heteroatoms. The summed E-state index contributed by atoms with van der Waals surface area (Å²) in [4.78, 5) is 29.0. The lowest BCUT2D eigenvalue weighted by Gasteiger charge is -2.25. The molecule has 0 saturated carbocycles. The predicted octanol–water partition coefficient (Wildman–Crippen LogP) is 5.93. The maximum Gasteiger partial charge on any atom is 0.291 e. The Bertz CT molecular complexity index is 1440. The van der Waals surface area contributed by atoms with Gasteiger partial charge in [0.25, 0.3) is 5.91 Å². The first-order chi connectivity index (χ1) is 15.9. The quantitative estimate of drug-likeness (QED) is 0.346. The van der Waals surface area contributed by atoms with Crippen LogP contribution in [-0.2, 0) is 6.54 Å². The van der Waals surface area contributed by atoms with Gasteiger partial charge in [-0.15, -0.1) is 0 Å². The maximum atomic E-state index is 13.7. The van der Waals surface area contributed by atoms with Crippen molar-refractivity contribution in [2.45, 2.75) is 26.4 Å². The van der Waals surface area contributed by atoms with Crippen molar-refractivity contribution in [3.63, 3.8) is 0 Å². The van der Waals surface area contributed by atoms with Crippen molar-refractivity contribution >= 4 is 32.8 Å². The van der Waals surface area contributed by atoms with Crippen LogP contribution in [0, 0.1) is 13.8 Å². The molecule has 0 fully saturated rings. The summed E-state index contributed by atoms with van der Waals surface area (Å²) < 4.78 is 12.3. The first-order valence-electron chi connectivity index (χ1n) is 10.6. The van der Waals surface area contributed by atoms with Crippen LogP contribution in [0.4, 0.5) is 0 Å². The number of carbonyl (C=O) groups excluding carboxylic acids is 1. The van der Waals surface area contributed by atoms with Gasteiger partial charge in [0.1, 0.15) is 11.3 Å². The van der Waals surface area contributed by atoms with E-state index in [2.05, 4.69) is 15.9 Å². The molecule has 0 bridgehead atoms. The molecule has 3 aromatic carbocycles. The van der Waals surface area contributed by atoms with Gasteiger partial charge in [0.05, 0.1) is 24.1 Å². The Hall–Kier alpha value is -3.38. The molecule has 0 saturated heterocycles. The number of nitrogens with zero attached hydrogens (tertiary/aromatic N) is 1. The zero-order chi connectivity index (χ0) is 23.3. The summed E-state index contributed by atoms with van der Waals surface area (Å²) in [5.74, 6) is 0.580. The average Bonchev–Trinajstić information content (AvgIpc) is 3.08. The van der Waals surface area contributed by atoms with Crippen molar-refractivity contribution in [2.24, 2.45) is 0 Å². The highest BCUT2D eigenvalue weighted by atomic mass is 79.9. The lowest BCUT2D eigenvalue weighted by Crippen LogP contribution is -2.29. The van der Waals surface area contributed by atoms with Crippen LogP contribution in [-0.4, -0.2) is 17.9 Å². The lowest BCUT2D eigenvalue weighted by atomic mass is 9.97. The monoisotopic (exact) mass is 503 g/mol. The molecule has 1 atom stereocenters. The molecule has 5 nitrogen and oxygen atoms in total. The summed E-state index contributed by atoms with van der Waals surface area (Å²) >= 11 is 3.47. The zero-order valence-corrected chi connectivity index (χ0v) is 20.1. The van der Waals surface area contributed by atoms with Gasteiger partial charge >= 0.3 is 0 Å². The molecule has 0 N–H and O–H groups in total. The highest BCUT2D eigenvalue weighted by Crippen LogP contribution is 2.39. The molecule has 0 aliphatic carbocycles. The number of hydrogen-bond donors (Lipinski definition) is 0. The number of benzene rings is 3. The molecule has 1 amide bonds. The molecule has 166 valence electrons. The summed E-state index contributed by atoms with van der Waals surface area (Å²) in [7, 11) is 1.62. The Labute approximate surface area is 199 Å². The molecule has 1 unspecified atom stereocenters. The number of ether oxygens (including phenoxy) is 1. The minimum Gasteiger partial charge on any atom is -0.497 e. The number of fused-ring (bicyclic) bond motifs is 2. The van der Waals surface area contributed by atoms with Crippen LogP contribution in [0.5, 0.6) is 5.75 Å². The molecule has 1 aliphatic rings. The Kier molecular flexibility index (Phi) is 5.33. The molecule has 0 spiro atoms.